The van der Waals surface area contributed by atoms with Gasteiger partial charge in [0.25, 0.3) is 0 Å². The van der Waals surface area contributed by atoms with Crippen LogP contribution in [-0.4, -0.2) is 48.1 Å². The third-order valence-corrected chi connectivity index (χ3v) is 2.37. The van der Waals surface area contributed by atoms with Crippen molar-refractivity contribution in [1.82, 2.24) is 4.90 Å². The fraction of sp³-hybridized carbons (Fsp3) is 0.250. The minimum atomic E-state index is -1.21. The highest BCUT2D eigenvalue weighted by Gasteiger charge is 2.22. The number of aliphatic carboxylic acids is 1. The quantitative estimate of drug-likeness (QED) is 0.788. The summed E-state index contributed by atoms with van der Waals surface area (Å²) >= 11 is 0. The van der Waals surface area contributed by atoms with Crippen molar-refractivity contribution in [2.45, 2.75) is 0 Å². The number of nitrogens with zero attached hydrogens (tertiary/aromatic N) is 2. The number of primary amides is 1. The number of carboxylic acids is 1. The number of urea groups is 1. The van der Waals surface area contributed by atoms with E-state index in [1.807, 2.05) is 0 Å². The summed E-state index contributed by atoms with van der Waals surface area (Å²) in [5.41, 5.74) is 5.59. The molecule has 1 aromatic carbocycles. The van der Waals surface area contributed by atoms with Gasteiger partial charge in [-0.05, 0) is 12.1 Å². The molecule has 0 heterocycles. The zero-order chi connectivity index (χ0) is 14.4. The zero-order valence-electron chi connectivity index (χ0n) is 10.4. The summed E-state index contributed by atoms with van der Waals surface area (Å²) in [5, 5.41) is 8.73. The van der Waals surface area contributed by atoms with E-state index in [0.29, 0.717) is 5.69 Å². The Bertz CT molecular complexity index is 459. The maximum absolute atomic E-state index is 12.1. The molecule has 0 unspecified atom stereocenters. The summed E-state index contributed by atoms with van der Waals surface area (Å²) in [5.74, 6) is -1.98. The van der Waals surface area contributed by atoms with Gasteiger partial charge < -0.3 is 15.7 Å². The monoisotopic (exact) mass is 265 g/mol. The van der Waals surface area contributed by atoms with Gasteiger partial charge in [0.2, 0.25) is 5.91 Å². The molecule has 19 heavy (non-hydrogen) atoms. The van der Waals surface area contributed by atoms with Crippen molar-refractivity contribution in [1.29, 1.82) is 0 Å². The van der Waals surface area contributed by atoms with Crippen molar-refractivity contribution < 1.29 is 19.5 Å². The van der Waals surface area contributed by atoms with Gasteiger partial charge in [0, 0.05) is 12.7 Å². The maximum atomic E-state index is 12.1. The number of anilines is 1. The van der Waals surface area contributed by atoms with Crippen LogP contribution in [0.3, 0.4) is 0 Å². The molecule has 3 amide bonds. The number of para-hydroxylation sites is 1. The molecule has 7 nitrogen and oxygen atoms in total. The van der Waals surface area contributed by atoms with Gasteiger partial charge in [-0.25, -0.2) is 4.79 Å². The molecule has 0 radical (unpaired) electrons. The highest BCUT2D eigenvalue weighted by Crippen LogP contribution is 2.13. The molecule has 0 aliphatic rings. The molecular weight excluding hydrogens is 250 g/mol. The SMILES string of the molecule is CN(C(=O)N(CC(N)=O)CC(=O)O)c1ccccc1. The van der Waals surface area contributed by atoms with E-state index in [-0.39, 0.29) is 0 Å². The predicted molar refractivity (Wildman–Crippen MR) is 68.6 cm³/mol. The predicted octanol–water partition coefficient (Wildman–Crippen LogP) is 0.115. The van der Waals surface area contributed by atoms with Crippen LogP contribution in [0.15, 0.2) is 30.3 Å². The summed E-state index contributed by atoms with van der Waals surface area (Å²) < 4.78 is 0. The average Bonchev–Trinajstić information content (AvgIpc) is 2.36. The van der Waals surface area contributed by atoms with Crippen molar-refractivity contribution >= 4 is 23.6 Å². The Balaban J connectivity index is 2.86. The largest absolute Gasteiger partial charge is 0.480 e. The molecule has 7 heteroatoms. The van der Waals surface area contributed by atoms with Crippen LogP contribution in [0.5, 0.6) is 0 Å². The number of amides is 3. The summed E-state index contributed by atoms with van der Waals surface area (Å²) in [4.78, 5) is 35.8. The number of nitrogens with two attached hydrogens (primary N) is 1. The van der Waals surface area contributed by atoms with Crippen molar-refractivity contribution in [2.24, 2.45) is 5.73 Å². The van der Waals surface area contributed by atoms with Gasteiger partial charge >= 0.3 is 12.0 Å². The lowest BCUT2D eigenvalue weighted by Crippen LogP contribution is -2.47. The number of hydrogen-bond donors (Lipinski definition) is 2. The van der Waals surface area contributed by atoms with Gasteiger partial charge in [-0.3, -0.25) is 14.5 Å². The van der Waals surface area contributed by atoms with Crippen LogP contribution in [0.1, 0.15) is 0 Å². The van der Waals surface area contributed by atoms with Crippen molar-refractivity contribution in [2.75, 3.05) is 25.0 Å². The van der Waals surface area contributed by atoms with Gasteiger partial charge in [0.15, 0.2) is 0 Å². The first-order valence-electron chi connectivity index (χ1n) is 5.49. The fourth-order valence-corrected chi connectivity index (χ4v) is 1.52. The smallest absolute Gasteiger partial charge is 0.325 e. The summed E-state index contributed by atoms with van der Waals surface area (Å²) in [6, 6.07) is 8.07. The molecule has 0 aromatic heterocycles. The number of carbonyl (C=O) groups is 3. The summed E-state index contributed by atoms with van der Waals surface area (Å²) in [7, 11) is 1.49. The third kappa shape index (κ3) is 4.30. The van der Waals surface area contributed by atoms with Crippen LogP contribution in [0.25, 0.3) is 0 Å². The van der Waals surface area contributed by atoms with E-state index in [0.717, 1.165) is 4.90 Å². The molecule has 0 fully saturated rings. The normalized spacial score (nSPS) is 9.74. The van der Waals surface area contributed by atoms with Crippen LogP contribution in [0.4, 0.5) is 10.5 Å². The number of rotatable bonds is 5. The maximum Gasteiger partial charge on any atom is 0.325 e. The Hall–Kier alpha value is -2.57. The molecule has 1 aromatic rings. The second-order valence-electron chi connectivity index (χ2n) is 3.89. The molecule has 0 spiro atoms. The van der Waals surface area contributed by atoms with Gasteiger partial charge in [-0.2, -0.15) is 0 Å². The second kappa shape index (κ2) is 6.39. The molecule has 0 saturated heterocycles. The highest BCUT2D eigenvalue weighted by molar-refractivity contribution is 5.95. The fourth-order valence-electron chi connectivity index (χ4n) is 1.52. The zero-order valence-corrected chi connectivity index (χ0v) is 10.4. The lowest BCUT2D eigenvalue weighted by molar-refractivity contribution is -0.137. The summed E-state index contributed by atoms with van der Waals surface area (Å²) in [6.45, 7) is -1.03. The lowest BCUT2D eigenvalue weighted by atomic mass is 10.3. The molecule has 3 N–H and O–H groups in total. The molecule has 0 saturated carbocycles. The van der Waals surface area contributed by atoms with Crippen molar-refractivity contribution in [3.05, 3.63) is 30.3 Å². The van der Waals surface area contributed by atoms with E-state index < -0.39 is 31.0 Å². The van der Waals surface area contributed by atoms with E-state index in [4.69, 9.17) is 10.8 Å². The molecule has 1 rings (SSSR count). The van der Waals surface area contributed by atoms with Crippen LogP contribution >= 0.6 is 0 Å². The summed E-state index contributed by atoms with van der Waals surface area (Å²) in [6.07, 6.45) is 0. The third-order valence-electron chi connectivity index (χ3n) is 2.37. The molecule has 0 aliphatic heterocycles. The molecule has 0 aliphatic carbocycles. The van der Waals surface area contributed by atoms with Crippen LogP contribution < -0.4 is 10.6 Å². The first-order valence-corrected chi connectivity index (χ1v) is 5.49. The second-order valence-corrected chi connectivity index (χ2v) is 3.89. The molecule has 0 atom stereocenters. The Labute approximate surface area is 110 Å². The lowest BCUT2D eigenvalue weighted by Gasteiger charge is -2.26. The molecule has 102 valence electrons. The number of carbonyl (C=O) groups excluding carboxylic acids is 2. The number of benzene rings is 1. The van der Waals surface area contributed by atoms with E-state index in [9.17, 15) is 14.4 Å². The van der Waals surface area contributed by atoms with Crippen LogP contribution in [0.2, 0.25) is 0 Å². The highest BCUT2D eigenvalue weighted by atomic mass is 16.4. The van der Waals surface area contributed by atoms with Gasteiger partial charge in [0.1, 0.15) is 13.1 Å². The van der Waals surface area contributed by atoms with Gasteiger partial charge in [0.05, 0.1) is 0 Å². The minimum Gasteiger partial charge on any atom is -0.480 e. The van der Waals surface area contributed by atoms with E-state index >= 15 is 0 Å². The van der Waals surface area contributed by atoms with Crippen LogP contribution in [0, 0.1) is 0 Å². The Kier molecular flexibility index (Phi) is 4.87. The first-order chi connectivity index (χ1) is 8.91. The standard InChI is InChI=1S/C12H15N3O4/c1-14(9-5-3-2-4-6-9)12(19)15(7-10(13)16)8-11(17)18/h2-6H,7-8H2,1H3,(H2,13,16)(H,17,18). The Morgan fingerprint density at radius 1 is 1.16 bits per heavy atom. The first kappa shape index (κ1) is 14.5. The van der Waals surface area contributed by atoms with Crippen molar-refractivity contribution in [3.63, 3.8) is 0 Å². The topological polar surface area (TPSA) is 104 Å². The molecular formula is C12H15N3O4. The van der Waals surface area contributed by atoms with Gasteiger partial charge in [-0.15, -0.1) is 0 Å². The Morgan fingerprint density at radius 2 is 1.74 bits per heavy atom. The van der Waals surface area contributed by atoms with E-state index in [1.54, 1.807) is 30.3 Å². The van der Waals surface area contributed by atoms with E-state index in [2.05, 4.69) is 0 Å². The number of hydrogen-bond acceptors (Lipinski definition) is 3. The average molecular weight is 265 g/mol. The van der Waals surface area contributed by atoms with Gasteiger partial charge in [-0.1, -0.05) is 18.2 Å². The van der Waals surface area contributed by atoms with Crippen molar-refractivity contribution in [3.8, 4) is 0 Å². The van der Waals surface area contributed by atoms with E-state index in [1.165, 1.54) is 11.9 Å². The number of carboxylic acid groups (broad SMARTS) is 1. The van der Waals surface area contributed by atoms with Crippen LogP contribution in [-0.2, 0) is 9.59 Å². The Morgan fingerprint density at radius 3 is 2.21 bits per heavy atom. The minimum absolute atomic E-state index is 0.442. The molecule has 0 bridgehead atoms.